The molecular weight excluding hydrogens is 303 g/mol. The number of nitrogens with one attached hydrogen (secondary N) is 1. The number of benzene rings is 1. The van der Waals surface area contributed by atoms with E-state index in [1.54, 1.807) is 11.8 Å². The molecule has 1 aromatic rings. The van der Waals surface area contributed by atoms with Gasteiger partial charge in [-0.2, -0.15) is 24.9 Å². The molecule has 0 aliphatic carbocycles. The smallest absolute Gasteiger partial charge is 0.396 e. The van der Waals surface area contributed by atoms with Gasteiger partial charge in [0.05, 0.1) is 12.0 Å². The Morgan fingerprint density at radius 1 is 1.29 bits per heavy atom. The highest BCUT2D eigenvalue weighted by Gasteiger charge is 2.30. The van der Waals surface area contributed by atoms with Gasteiger partial charge in [-0.1, -0.05) is 18.2 Å². The number of carbonyl (C=O) groups excluding carboxylic acids is 1. The zero-order valence-corrected chi connectivity index (χ0v) is 12.3. The molecule has 0 spiro atoms. The SMILES string of the molecule is O=C(Cc1cccc(C(F)(F)F)c1)NCCSCCCO. The zero-order valence-electron chi connectivity index (χ0n) is 11.4. The molecule has 0 unspecified atom stereocenters. The maximum Gasteiger partial charge on any atom is 0.416 e. The van der Waals surface area contributed by atoms with Crippen molar-refractivity contribution < 1.29 is 23.1 Å². The molecule has 0 saturated heterocycles. The van der Waals surface area contributed by atoms with Gasteiger partial charge >= 0.3 is 6.18 Å². The third-order valence-corrected chi connectivity index (χ3v) is 3.70. The molecule has 0 aromatic heterocycles. The maximum atomic E-state index is 12.5. The minimum atomic E-state index is -4.39. The van der Waals surface area contributed by atoms with Crippen molar-refractivity contribution in [1.82, 2.24) is 5.32 Å². The quantitative estimate of drug-likeness (QED) is 0.723. The van der Waals surface area contributed by atoms with Crippen molar-refractivity contribution in [2.24, 2.45) is 0 Å². The van der Waals surface area contributed by atoms with Crippen molar-refractivity contribution in [2.45, 2.75) is 19.0 Å². The highest BCUT2D eigenvalue weighted by Crippen LogP contribution is 2.29. The lowest BCUT2D eigenvalue weighted by atomic mass is 10.1. The number of rotatable bonds is 8. The number of thioether (sulfide) groups is 1. The van der Waals surface area contributed by atoms with E-state index in [0.717, 1.165) is 17.9 Å². The molecule has 3 nitrogen and oxygen atoms in total. The average Bonchev–Trinajstić information content (AvgIpc) is 2.42. The van der Waals surface area contributed by atoms with Gasteiger partial charge in [0.15, 0.2) is 0 Å². The third kappa shape index (κ3) is 7.38. The molecule has 0 radical (unpaired) electrons. The molecule has 0 fully saturated rings. The second-order valence-corrected chi connectivity index (χ2v) is 5.64. The van der Waals surface area contributed by atoms with Crippen LogP contribution in [0.5, 0.6) is 0 Å². The lowest BCUT2D eigenvalue weighted by molar-refractivity contribution is -0.137. The second-order valence-electron chi connectivity index (χ2n) is 4.41. The molecule has 1 amide bonds. The largest absolute Gasteiger partial charge is 0.416 e. The highest BCUT2D eigenvalue weighted by atomic mass is 32.2. The number of aliphatic hydroxyl groups is 1. The van der Waals surface area contributed by atoms with E-state index in [2.05, 4.69) is 5.32 Å². The molecule has 0 aliphatic heterocycles. The Labute approximate surface area is 125 Å². The third-order valence-electron chi connectivity index (χ3n) is 2.63. The Hall–Kier alpha value is -1.21. The summed E-state index contributed by atoms with van der Waals surface area (Å²) in [5.41, 5.74) is -0.400. The van der Waals surface area contributed by atoms with Crippen LogP contribution in [-0.2, 0) is 17.4 Å². The standard InChI is InChI=1S/C14H18F3NO2S/c15-14(16,17)12-4-1-3-11(9-12)10-13(20)18-5-8-21-7-2-6-19/h1,3-4,9,19H,2,5-8,10H2,(H,18,20). The number of hydrogen-bond donors (Lipinski definition) is 2. The molecule has 21 heavy (non-hydrogen) atoms. The fraction of sp³-hybridized carbons (Fsp3) is 0.500. The van der Waals surface area contributed by atoms with Gasteiger partial charge in [0.2, 0.25) is 5.91 Å². The summed E-state index contributed by atoms with van der Waals surface area (Å²) in [6.07, 6.45) is -3.75. The summed E-state index contributed by atoms with van der Waals surface area (Å²) in [7, 11) is 0. The van der Waals surface area contributed by atoms with Crippen molar-refractivity contribution in [3.05, 3.63) is 35.4 Å². The maximum absolute atomic E-state index is 12.5. The van der Waals surface area contributed by atoms with Crippen molar-refractivity contribution in [3.63, 3.8) is 0 Å². The first kappa shape index (κ1) is 17.8. The van der Waals surface area contributed by atoms with Crippen LogP contribution in [0.3, 0.4) is 0 Å². The van der Waals surface area contributed by atoms with Gasteiger partial charge in [0.25, 0.3) is 0 Å². The fourth-order valence-electron chi connectivity index (χ4n) is 1.64. The summed E-state index contributed by atoms with van der Waals surface area (Å²) in [5, 5.41) is 11.3. The summed E-state index contributed by atoms with van der Waals surface area (Å²) in [5.74, 6) is 1.24. The van der Waals surface area contributed by atoms with Gasteiger partial charge in [0.1, 0.15) is 0 Å². The molecule has 1 aromatic carbocycles. The highest BCUT2D eigenvalue weighted by molar-refractivity contribution is 7.99. The number of alkyl halides is 3. The van der Waals surface area contributed by atoms with Crippen molar-refractivity contribution in [1.29, 1.82) is 0 Å². The van der Waals surface area contributed by atoms with Crippen LogP contribution in [0.15, 0.2) is 24.3 Å². The predicted molar refractivity (Wildman–Crippen MR) is 77.2 cm³/mol. The van der Waals surface area contributed by atoms with Gasteiger partial charge in [-0.3, -0.25) is 4.79 Å². The summed E-state index contributed by atoms with van der Waals surface area (Å²) in [6.45, 7) is 0.614. The van der Waals surface area contributed by atoms with Gasteiger partial charge in [0, 0.05) is 18.9 Å². The van der Waals surface area contributed by atoms with E-state index < -0.39 is 11.7 Å². The van der Waals surface area contributed by atoms with Crippen molar-refractivity contribution in [2.75, 3.05) is 24.7 Å². The van der Waals surface area contributed by atoms with E-state index >= 15 is 0 Å². The van der Waals surface area contributed by atoms with E-state index in [1.165, 1.54) is 12.1 Å². The van der Waals surface area contributed by atoms with Gasteiger partial charge < -0.3 is 10.4 Å². The Kier molecular flexibility index (Phi) is 7.60. The molecule has 118 valence electrons. The van der Waals surface area contributed by atoms with Crippen molar-refractivity contribution >= 4 is 17.7 Å². The van der Waals surface area contributed by atoms with E-state index in [0.29, 0.717) is 24.3 Å². The van der Waals surface area contributed by atoms with Crippen LogP contribution in [0.2, 0.25) is 0 Å². The molecule has 7 heteroatoms. The van der Waals surface area contributed by atoms with Crippen molar-refractivity contribution in [3.8, 4) is 0 Å². The van der Waals surface area contributed by atoms with E-state index in [1.807, 2.05) is 0 Å². The Balaban J connectivity index is 2.35. The lowest BCUT2D eigenvalue weighted by Gasteiger charge is -2.09. The molecule has 0 bridgehead atoms. The summed E-state index contributed by atoms with van der Waals surface area (Å²) >= 11 is 1.61. The molecule has 0 aliphatic rings. The van der Waals surface area contributed by atoms with Crippen LogP contribution in [0.1, 0.15) is 17.5 Å². The summed E-state index contributed by atoms with van der Waals surface area (Å²) < 4.78 is 37.6. The number of amides is 1. The van der Waals surface area contributed by atoms with Crippen LogP contribution in [-0.4, -0.2) is 35.7 Å². The van der Waals surface area contributed by atoms with Crippen LogP contribution in [0, 0.1) is 0 Å². The van der Waals surface area contributed by atoms with Gasteiger partial charge in [-0.15, -0.1) is 0 Å². The molecule has 2 N–H and O–H groups in total. The van der Waals surface area contributed by atoms with E-state index in [9.17, 15) is 18.0 Å². The minimum Gasteiger partial charge on any atom is -0.396 e. The number of aliphatic hydroxyl groups excluding tert-OH is 1. The first-order valence-corrected chi connectivity index (χ1v) is 7.70. The number of hydrogen-bond acceptors (Lipinski definition) is 3. The Morgan fingerprint density at radius 2 is 2.05 bits per heavy atom. The van der Waals surface area contributed by atoms with E-state index in [-0.39, 0.29) is 18.9 Å². The first-order chi connectivity index (χ1) is 9.93. The molecule has 0 saturated carbocycles. The van der Waals surface area contributed by atoms with Gasteiger partial charge in [-0.25, -0.2) is 0 Å². The molecular formula is C14H18F3NO2S. The number of halogens is 3. The van der Waals surface area contributed by atoms with Crippen LogP contribution < -0.4 is 5.32 Å². The number of carbonyl (C=O) groups is 1. The van der Waals surface area contributed by atoms with Gasteiger partial charge in [-0.05, 0) is 23.8 Å². The summed E-state index contributed by atoms with van der Waals surface area (Å²) in [6, 6.07) is 4.79. The second kappa shape index (κ2) is 8.94. The Bertz CT molecular complexity index is 452. The zero-order chi connectivity index (χ0) is 15.7. The lowest BCUT2D eigenvalue weighted by Crippen LogP contribution is -2.27. The molecule has 0 heterocycles. The molecule has 0 atom stereocenters. The first-order valence-electron chi connectivity index (χ1n) is 6.55. The molecule has 1 rings (SSSR count). The van der Waals surface area contributed by atoms with E-state index in [4.69, 9.17) is 5.11 Å². The summed E-state index contributed by atoms with van der Waals surface area (Å²) in [4.78, 5) is 11.6. The normalized spacial score (nSPS) is 11.4. The minimum absolute atomic E-state index is 0.0643. The average molecular weight is 321 g/mol. The topological polar surface area (TPSA) is 49.3 Å². The van der Waals surface area contributed by atoms with Crippen LogP contribution in [0.4, 0.5) is 13.2 Å². The Morgan fingerprint density at radius 3 is 2.71 bits per heavy atom. The fourth-order valence-corrected chi connectivity index (χ4v) is 2.42. The van der Waals surface area contributed by atoms with Crippen LogP contribution >= 0.6 is 11.8 Å². The predicted octanol–water partition coefficient (Wildman–Crippen LogP) is 2.48. The monoisotopic (exact) mass is 321 g/mol. The van der Waals surface area contributed by atoms with Crippen LogP contribution in [0.25, 0.3) is 0 Å².